The number of anilines is 2. The minimum absolute atomic E-state index is 0.0265. The van der Waals surface area contributed by atoms with Gasteiger partial charge in [-0.2, -0.15) is 5.26 Å². The number of nitriles is 1. The van der Waals surface area contributed by atoms with E-state index in [1.165, 1.54) is 0 Å². The van der Waals surface area contributed by atoms with Crippen LogP contribution in [-0.2, 0) is 4.79 Å². The topological polar surface area (TPSA) is 102 Å². The highest BCUT2D eigenvalue weighted by atomic mass is 16.2. The van der Waals surface area contributed by atoms with Crippen LogP contribution in [0.4, 0.5) is 16.3 Å². The van der Waals surface area contributed by atoms with Gasteiger partial charge in [-0.25, -0.2) is 9.78 Å². The lowest BCUT2D eigenvalue weighted by atomic mass is 9.63. The van der Waals surface area contributed by atoms with Crippen molar-refractivity contribution in [3.63, 3.8) is 0 Å². The van der Waals surface area contributed by atoms with Crippen LogP contribution in [0.5, 0.6) is 0 Å². The van der Waals surface area contributed by atoms with Crippen LogP contribution in [0.3, 0.4) is 0 Å². The monoisotopic (exact) mass is 438 g/mol. The molecule has 5 rings (SSSR count). The third-order valence-corrected chi connectivity index (χ3v) is 6.48. The number of carbonyl (C=O) groups excluding carboxylic acids is 2. The molecule has 2 saturated heterocycles. The highest BCUT2D eigenvalue weighted by Gasteiger charge is 2.63. The van der Waals surface area contributed by atoms with Crippen molar-refractivity contribution < 1.29 is 9.59 Å². The summed E-state index contributed by atoms with van der Waals surface area (Å²) in [5.41, 5.74) is 1.28. The number of amides is 3. The molecule has 1 spiro atoms. The van der Waals surface area contributed by atoms with Crippen LogP contribution in [0, 0.1) is 16.7 Å². The third-order valence-electron chi connectivity index (χ3n) is 6.48. The number of carbonyl (C=O) groups is 2. The van der Waals surface area contributed by atoms with Crippen LogP contribution in [0.25, 0.3) is 0 Å². The summed E-state index contributed by atoms with van der Waals surface area (Å²) in [4.78, 5) is 38.7. The van der Waals surface area contributed by atoms with Gasteiger partial charge in [-0.15, -0.1) is 0 Å². The summed E-state index contributed by atoms with van der Waals surface area (Å²) in [5, 5.41) is 11.9. The van der Waals surface area contributed by atoms with Gasteiger partial charge >= 0.3 is 6.03 Å². The lowest BCUT2D eigenvalue weighted by Gasteiger charge is -2.57. The second-order valence-electron chi connectivity index (χ2n) is 8.29. The van der Waals surface area contributed by atoms with Gasteiger partial charge < -0.3 is 10.2 Å². The van der Waals surface area contributed by atoms with Crippen LogP contribution in [-0.4, -0.2) is 39.9 Å². The average molecular weight is 438 g/mol. The first-order chi connectivity index (χ1) is 16.1. The predicted molar refractivity (Wildman–Crippen MR) is 122 cm³/mol. The van der Waals surface area contributed by atoms with Gasteiger partial charge in [0.2, 0.25) is 5.91 Å². The van der Waals surface area contributed by atoms with Crippen molar-refractivity contribution in [2.24, 2.45) is 5.41 Å². The molecule has 4 heterocycles. The van der Waals surface area contributed by atoms with E-state index in [-0.39, 0.29) is 18.0 Å². The molecule has 2 aliphatic rings. The number of nitrogens with one attached hydrogen (secondary N) is 1. The Kier molecular flexibility index (Phi) is 5.23. The van der Waals surface area contributed by atoms with Gasteiger partial charge in [-0.1, -0.05) is 18.2 Å². The molecule has 2 fully saturated rings. The van der Waals surface area contributed by atoms with Gasteiger partial charge in [0.05, 0.1) is 28.8 Å². The zero-order chi connectivity index (χ0) is 22.8. The van der Waals surface area contributed by atoms with Crippen molar-refractivity contribution >= 4 is 23.4 Å². The van der Waals surface area contributed by atoms with Crippen LogP contribution in [0.15, 0.2) is 73.1 Å². The summed E-state index contributed by atoms with van der Waals surface area (Å²) >= 11 is 0. The molecule has 2 aromatic heterocycles. The van der Waals surface area contributed by atoms with Gasteiger partial charge in [0, 0.05) is 31.2 Å². The molecule has 0 saturated carbocycles. The van der Waals surface area contributed by atoms with Crippen LogP contribution >= 0.6 is 0 Å². The van der Waals surface area contributed by atoms with E-state index < -0.39 is 5.41 Å². The van der Waals surface area contributed by atoms with Gasteiger partial charge in [0.25, 0.3) is 0 Å². The fourth-order valence-corrected chi connectivity index (χ4v) is 4.81. The number of rotatable bonds is 3. The SMILES string of the molecule is N#Cc1cccc(NC(=O)N2CCC3(CC2)C(=O)N(c2ccccn2)C3c2ccccn2)c1. The highest BCUT2D eigenvalue weighted by molar-refractivity contribution is 6.05. The van der Waals surface area contributed by atoms with Crippen molar-refractivity contribution in [3.05, 3.63) is 84.3 Å². The first kappa shape index (κ1) is 20.6. The Labute approximate surface area is 191 Å². The number of urea groups is 1. The second kappa shape index (κ2) is 8.36. The van der Waals surface area contributed by atoms with E-state index >= 15 is 0 Å². The van der Waals surface area contributed by atoms with E-state index in [4.69, 9.17) is 5.26 Å². The number of hydrogen-bond donors (Lipinski definition) is 1. The predicted octanol–water partition coefficient (Wildman–Crippen LogP) is 3.75. The number of piperidine rings is 1. The van der Waals surface area contributed by atoms with Gasteiger partial charge in [-0.05, 0) is 55.3 Å². The lowest BCUT2D eigenvalue weighted by molar-refractivity contribution is -0.144. The van der Waals surface area contributed by atoms with Crippen molar-refractivity contribution in [3.8, 4) is 6.07 Å². The van der Waals surface area contributed by atoms with E-state index in [1.807, 2.05) is 36.4 Å². The van der Waals surface area contributed by atoms with E-state index in [0.717, 1.165) is 5.69 Å². The summed E-state index contributed by atoms with van der Waals surface area (Å²) in [6.07, 6.45) is 4.50. The molecular weight excluding hydrogens is 416 g/mol. The Morgan fingerprint density at radius 2 is 1.79 bits per heavy atom. The van der Waals surface area contributed by atoms with E-state index in [9.17, 15) is 9.59 Å². The number of benzene rings is 1. The molecule has 2 aliphatic heterocycles. The molecule has 0 radical (unpaired) electrons. The minimum Gasteiger partial charge on any atom is -0.324 e. The Morgan fingerprint density at radius 3 is 2.45 bits per heavy atom. The molecule has 0 aliphatic carbocycles. The van der Waals surface area contributed by atoms with Gasteiger partial charge in [0.1, 0.15) is 5.82 Å². The Balaban J connectivity index is 1.34. The first-order valence-electron chi connectivity index (χ1n) is 10.8. The summed E-state index contributed by atoms with van der Waals surface area (Å²) in [5.74, 6) is 0.639. The zero-order valence-corrected chi connectivity index (χ0v) is 17.9. The molecule has 33 heavy (non-hydrogen) atoms. The molecule has 8 heteroatoms. The maximum Gasteiger partial charge on any atom is 0.321 e. The quantitative estimate of drug-likeness (QED) is 0.628. The maximum atomic E-state index is 13.5. The smallest absolute Gasteiger partial charge is 0.321 e. The number of aromatic nitrogens is 2. The Hall–Kier alpha value is -4.25. The molecule has 164 valence electrons. The molecule has 1 N–H and O–H groups in total. The summed E-state index contributed by atoms with van der Waals surface area (Å²) < 4.78 is 0. The number of likely N-dealkylation sites (tertiary alicyclic amines) is 1. The first-order valence-corrected chi connectivity index (χ1v) is 10.8. The van der Waals surface area contributed by atoms with Crippen molar-refractivity contribution in [1.29, 1.82) is 5.26 Å². The fourth-order valence-electron chi connectivity index (χ4n) is 4.81. The van der Waals surface area contributed by atoms with E-state index in [2.05, 4.69) is 21.4 Å². The highest BCUT2D eigenvalue weighted by Crippen LogP contribution is 2.56. The molecule has 0 bridgehead atoms. The summed E-state index contributed by atoms with van der Waals surface area (Å²) in [6, 6.07) is 19.7. The second-order valence-corrected chi connectivity index (χ2v) is 8.29. The molecular formula is C25H22N6O2. The van der Waals surface area contributed by atoms with Crippen LogP contribution < -0.4 is 10.2 Å². The molecule has 1 unspecified atom stereocenters. The van der Waals surface area contributed by atoms with Crippen molar-refractivity contribution in [2.45, 2.75) is 18.9 Å². The maximum absolute atomic E-state index is 13.5. The number of β-lactam (4-membered cyclic amide) rings is 1. The van der Waals surface area contributed by atoms with E-state index in [1.54, 1.807) is 46.5 Å². The number of nitrogens with zero attached hydrogens (tertiary/aromatic N) is 5. The number of pyridine rings is 2. The lowest BCUT2D eigenvalue weighted by Crippen LogP contribution is -2.67. The molecule has 8 nitrogen and oxygen atoms in total. The Morgan fingerprint density at radius 1 is 1.03 bits per heavy atom. The zero-order valence-electron chi connectivity index (χ0n) is 17.9. The largest absolute Gasteiger partial charge is 0.324 e. The summed E-state index contributed by atoms with van der Waals surface area (Å²) in [6.45, 7) is 0.907. The normalized spacial score (nSPS) is 19.0. The Bertz CT molecular complexity index is 1220. The molecule has 1 atom stereocenters. The van der Waals surface area contributed by atoms with Crippen molar-refractivity contribution in [2.75, 3.05) is 23.3 Å². The fraction of sp³-hybridized carbons (Fsp3) is 0.240. The van der Waals surface area contributed by atoms with Gasteiger partial charge in [-0.3, -0.25) is 14.7 Å². The average Bonchev–Trinajstić information content (AvgIpc) is 2.88. The van der Waals surface area contributed by atoms with Crippen LogP contribution in [0.1, 0.15) is 30.1 Å². The summed E-state index contributed by atoms with van der Waals surface area (Å²) in [7, 11) is 0. The van der Waals surface area contributed by atoms with E-state index in [0.29, 0.717) is 43.0 Å². The standard InChI is InChI=1S/C25H22N6O2/c26-17-18-6-5-7-19(16-18)29-24(33)30-14-10-25(11-15-30)22(20-8-1-3-12-27-20)31(23(25)32)21-9-2-4-13-28-21/h1-9,12-13,16,22H,10-11,14-15H2,(H,29,33). The number of hydrogen-bond acceptors (Lipinski definition) is 5. The van der Waals surface area contributed by atoms with Crippen LogP contribution in [0.2, 0.25) is 0 Å². The van der Waals surface area contributed by atoms with Gasteiger partial charge in [0.15, 0.2) is 0 Å². The molecule has 1 aromatic carbocycles. The minimum atomic E-state index is -0.608. The van der Waals surface area contributed by atoms with Crippen molar-refractivity contribution in [1.82, 2.24) is 14.9 Å². The third kappa shape index (κ3) is 3.57. The molecule has 3 aromatic rings. The molecule has 3 amide bonds.